The van der Waals surface area contributed by atoms with Crippen molar-refractivity contribution in [3.63, 3.8) is 0 Å². The lowest BCUT2D eigenvalue weighted by Gasteiger charge is -2.33. The number of thiophene rings is 1. The summed E-state index contributed by atoms with van der Waals surface area (Å²) in [6.45, 7) is 2.68. The van der Waals surface area contributed by atoms with Crippen LogP contribution in [-0.2, 0) is 9.53 Å². The van der Waals surface area contributed by atoms with E-state index >= 15 is 0 Å². The molecule has 3 rings (SSSR count). The smallest absolute Gasteiger partial charge is 0.311 e. The minimum Gasteiger partial charge on any atom is -0.481 e. The molecule has 1 fully saturated rings. The summed E-state index contributed by atoms with van der Waals surface area (Å²) in [5.74, 6) is -1.19. The van der Waals surface area contributed by atoms with Crippen LogP contribution < -0.4 is 5.32 Å². The van der Waals surface area contributed by atoms with Crippen LogP contribution in [0, 0.1) is 12.3 Å². The topological polar surface area (TPSA) is 88.5 Å². The lowest BCUT2D eigenvalue weighted by molar-refractivity contribution is -0.154. The zero-order valence-electron chi connectivity index (χ0n) is 13.9. The highest BCUT2D eigenvalue weighted by molar-refractivity contribution is 7.13. The third kappa shape index (κ3) is 3.72. The van der Waals surface area contributed by atoms with E-state index in [-0.39, 0.29) is 12.5 Å². The summed E-state index contributed by atoms with van der Waals surface area (Å²) in [5, 5.41) is 14.3. The van der Waals surface area contributed by atoms with Gasteiger partial charge in [-0.25, -0.2) is 0 Å². The monoisotopic (exact) mass is 360 g/mol. The predicted molar refractivity (Wildman–Crippen MR) is 94.7 cm³/mol. The van der Waals surface area contributed by atoms with Crippen LogP contribution in [0.15, 0.2) is 29.6 Å². The first-order valence-corrected chi connectivity index (χ1v) is 9.01. The minimum absolute atomic E-state index is 0.0939. The van der Waals surface area contributed by atoms with Gasteiger partial charge in [0.05, 0.1) is 27.2 Å². The number of aryl methyl sites for hydroxylation is 1. The average Bonchev–Trinajstić information content (AvgIpc) is 3.15. The van der Waals surface area contributed by atoms with E-state index in [4.69, 9.17) is 4.74 Å². The fourth-order valence-corrected chi connectivity index (χ4v) is 3.63. The first-order valence-electron chi connectivity index (χ1n) is 8.13. The number of aromatic nitrogens is 1. The van der Waals surface area contributed by atoms with Crippen LogP contribution in [0.5, 0.6) is 0 Å². The molecule has 1 saturated heterocycles. The number of carboxylic acid groups (broad SMARTS) is 1. The molecule has 25 heavy (non-hydrogen) atoms. The number of aliphatic carboxylic acids is 1. The number of rotatable bonds is 5. The van der Waals surface area contributed by atoms with Gasteiger partial charge in [0, 0.05) is 19.8 Å². The predicted octanol–water partition coefficient (Wildman–Crippen LogP) is 2.73. The fraction of sp³-hybridized carbons (Fsp3) is 0.389. The first kappa shape index (κ1) is 17.6. The van der Waals surface area contributed by atoms with Crippen LogP contribution in [-0.4, -0.2) is 41.7 Å². The Labute approximate surface area is 149 Å². The Morgan fingerprint density at radius 3 is 2.68 bits per heavy atom. The maximum atomic E-state index is 12.5. The van der Waals surface area contributed by atoms with Gasteiger partial charge in [-0.2, -0.15) is 0 Å². The van der Waals surface area contributed by atoms with Gasteiger partial charge in [0.2, 0.25) is 0 Å². The maximum Gasteiger partial charge on any atom is 0.311 e. The third-order valence-corrected chi connectivity index (χ3v) is 5.49. The Kier molecular flexibility index (Phi) is 5.15. The van der Waals surface area contributed by atoms with Crippen molar-refractivity contribution in [2.24, 2.45) is 5.41 Å². The number of carbonyl (C=O) groups is 2. The van der Waals surface area contributed by atoms with E-state index in [9.17, 15) is 14.7 Å². The molecule has 0 aliphatic carbocycles. The minimum atomic E-state index is -0.952. The van der Waals surface area contributed by atoms with Gasteiger partial charge in [-0.1, -0.05) is 6.07 Å². The van der Waals surface area contributed by atoms with E-state index in [0.717, 1.165) is 10.6 Å². The summed E-state index contributed by atoms with van der Waals surface area (Å²) in [7, 11) is 0. The highest BCUT2D eigenvalue weighted by Gasteiger charge is 2.40. The number of amides is 1. The Morgan fingerprint density at radius 2 is 2.08 bits per heavy atom. The summed E-state index contributed by atoms with van der Waals surface area (Å²) >= 11 is 1.59. The molecular formula is C18H20N2O4S. The van der Waals surface area contributed by atoms with E-state index < -0.39 is 11.4 Å². The maximum absolute atomic E-state index is 12.5. The normalized spacial score (nSPS) is 16.4. The second-order valence-electron chi connectivity index (χ2n) is 6.19. The Balaban J connectivity index is 1.72. The summed E-state index contributed by atoms with van der Waals surface area (Å²) in [5.41, 5.74) is 0.967. The molecule has 0 saturated carbocycles. The SMILES string of the molecule is Cc1nc(-c2cccs2)ccc1C(=O)NCC1(C(=O)O)CCOCC1. The van der Waals surface area contributed by atoms with E-state index in [2.05, 4.69) is 10.3 Å². The van der Waals surface area contributed by atoms with Crippen LogP contribution in [0.1, 0.15) is 28.9 Å². The van der Waals surface area contributed by atoms with Crippen LogP contribution >= 0.6 is 11.3 Å². The molecule has 0 bridgehead atoms. The van der Waals surface area contributed by atoms with Crippen molar-refractivity contribution in [2.75, 3.05) is 19.8 Å². The molecule has 0 unspecified atom stereocenters. The van der Waals surface area contributed by atoms with Crippen LogP contribution in [0.25, 0.3) is 10.6 Å². The lowest BCUT2D eigenvalue weighted by Crippen LogP contribution is -2.46. The van der Waals surface area contributed by atoms with Crippen molar-refractivity contribution >= 4 is 23.2 Å². The summed E-state index contributed by atoms with van der Waals surface area (Å²) in [6, 6.07) is 7.49. The van der Waals surface area contributed by atoms with Crippen molar-refractivity contribution < 1.29 is 19.4 Å². The molecule has 0 atom stereocenters. The third-order valence-electron chi connectivity index (χ3n) is 4.59. The van der Waals surface area contributed by atoms with Gasteiger partial charge in [0.15, 0.2) is 0 Å². The lowest BCUT2D eigenvalue weighted by atomic mass is 9.80. The number of carbonyl (C=O) groups excluding carboxylic acids is 1. The van der Waals surface area contributed by atoms with Gasteiger partial charge in [0.1, 0.15) is 0 Å². The van der Waals surface area contributed by atoms with E-state index in [1.165, 1.54) is 0 Å². The quantitative estimate of drug-likeness (QED) is 0.856. The molecule has 6 nitrogen and oxygen atoms in total. The Hall–Kier alpha value is -2.25. The van der Waals surface area contributed by atoms with Crippen molar-refractivity contribution in [1.82, 2.24) is 10.3 Å². The second-order valence-corrected chi connectivity index (χ2v) is 7.13. The van der Waals surface area contributed by atoms with Crippen molar-refractivity contribution in [3.05, 3.63) is 40.9 Å². The number of ether oxygens (including phenoxy) is 1. The van der Waals surface area contributed by atoms with Gasteiger partial charge in [-0.05, 0) is 43.3 Å². The highest BCUT2D eigenvalue weighted by Crippen LogP contribution is 2.30. The molecule has 132 valence electrons. The number of carboxylic acids is 1. The number of pyridine rings is 1. The summed E-state index contributed by atoms with van der Waals surface area (Å²) < 4.78 is 5.25. The molecule has 1 amide bonds. The number of hydrogen-bond acceptors (Lipinski definition) is 5. The average molecular weight is 360 g/mol. The van der Waals surface area contributed by atoms with Crippen LogP contribution in [0.3, 0.4) is 0 Å². The largest absolute Gasteiger partial charge is 0.481 e. The van der Waals surface area contributed by atoms with E-state index in [1.807, 2.05) is 23.6 Å². The highest BCUT2D eigenvalue weighted by atomic mass is 32.1. The summed E-state index contributed by atoms with van der Waals surface area (Å²) in [6.07, 6.45) is 0.800. The number of hydrogen-bond donors (Lipinski definition) is 2. The Morgan fingerprint density at radius 1 is 1.32 bits per heavy atom. The summed E-state index contributed by atoms with van der Waals surface area (Å²) in [4.78, 5) is 29.7. The fourth-order valence-electron chi connectivity index (χ4n) is 2.94. The van der Waals surface area contributed by atoms with Crippen molar-refractivity contribution in [1.29, 1.82) is 0 Å². The number of nitrogens with zero attached hydrogens (tertiary/aromatic N) is 1. The molecule has 2 aromatic heterocycles. The van der Waals surface area contributed by atoms with Gasteiger partial charge < -0.3 is 15.2 Å². The molecule has 2 N–H and O–H groups in total. The molecule has 0 aromatic carbocycles. The molecule has 1 aliphatic rings. The van der Waals surface area contributed by atoms with Crippen LogP contribution in [0.4, 0.5) is 0 Å². The van der Waals surface area contributed by atoms with Gasteiger partial charge >= 0.3 is 5.97 Å². The van der Waals surface area contributed by atoms with Crippen molar-refractivity contribution in [3.8, 4) is 10.6 Å². The molecule has 3 heterocycles. The molecular weight excluding hydrogens is 340 g/mol. The second kappa shape index (κ2) is 7.33. The molecule has 0 spiro atoms. The van der Waals surface area contributed by atoms with E-state index in [1.54, 1.807) is 24.3 Å². The first-order chi connectivity index (χ1) is 12.0. The standard InChI is InChI=1S/C18H20N2O4S/c1-12-13(4-5-14(20-12)15-3-2-10-25-15)16(21)19-11-18(17(22)23)6-8-24-9-7-18/h2-5,10H,6-9,11H2,1H3,(H,19,21)(H,22,23). The van der Waals surface area contributed by atoms with Crippen LogP contribution in [0.2, 0.25) is 0 Å². The van der Waals surface area contributed by atoms with Gasteiger partial charge in [-0.3, -0.25) is 14.6 Å². The van der Waals surface area contributed by atoms with Crippen molar-refractivity contribution in [2.45, 2.75) is 19.8 Å². The zero-order valence-corrected chi connectivity index (χ0v) is 14.8. The number of nitrogens with one attached hydrogen (secondary N) is 1. The Bertz CT molecular complexity index is 767. The zero-order chi connectivity index (χ0) is 17.9. The molecule has 1 aliphatic heterocycles. The molecule has 0 radical (unpaired) electrons. The molecule has 2 aromatic rings. The van der Waals surface area contributed by atoms with Gasteiger partial charge in [0.25, 0.3) is 5.91 Å². The van der Waals surface area contributed by atoms with E-state index in [0.29, 0.717) is 37.3 Å². The van der Waals surface area contributed by atoms with Gasteiger partial charge in [-0.15, -0.1) is 11.3 Å². The molecule has 7 heteroatoms.